The third kappa shape index (κ3) is 5.01. The molecule has 1 aromatic carbocycles. The molecule has 2 nitrogen and oxygen atoms in total. The van der Waals surface area contributed by atoms with Crippen LogP contribution in [0.1, 0.15) is 65.2 Å². The SMILES string of the molecule is C=CC.CC(C)(C)c1cc(CO)cc(C(C)(C)C)c1O. The van der Waals surface area contributed by atoms with E-state index in [1.165, 1.54) is 0 Å². The molecule has 1 aromatic rings. The average Bonchev–Trinajstić information content (AvgIpc) is 2.27. The minimum absolute atomic E-state index is 0.00639. The van der Waals surface area contributed by atoms with Crippen molar-refractivity contribution in [1.29, 1.82) is 0 Å². The first-order valence-corrected chi connectivity index (χ1v) is 7.03. The third-order valence-electron chi connectivity index (χ3n) is 2.97. The molecule has 2 N–H and O–H groups in total. The molecule has 0 saturated heterocycles. The number of rotatable bonds is 1. The number of aromatic hydroxyl groups is 1. The summed E-state index contributed by atoms with van der Waals surface area (Å²) in [4.78, 5) is 0. The van der Waals surface area contributed by atoms with Gasteiger partial charge in [-0.1, -0.05) is 47.6 Å². The first-order valence-electron chi connectivity index (χ1n) is 7.03. The lowest BCUT2D eigenvalue weighted by Gasteiger charge is -2.28. The van der Waals surface area contributed by atoms with Gasteiger partial charge in [0, 0.05) is 0 Å². The van der Waals surface area contributed by atoms with Gasteiger partial charge in [0.1, 0.15) is 5.75 Å². The summed E-state index contributed by atoms with van der Waals surface area (Å²) in [5.74, 6) is 0.363. The van der Waals surface area contributed by atoms with Crippen LogP contribution in [0.5, 0.6) is 5.75 Å². The monoisotopic (exact) mass is 278 g/mol. The van der Waals surface area contributed by atoms with Gasteiger partial charge in [-0.3, -0.25) is 0 Å². The maximum Gasteiger partial charge on any atom is 0.123 e. The molecule has 0 saturated carbocycles. The van der Waals surface area contributed by atoms with Crippen LogP contribution >= 0.6 is 0 Å². The molecule has 2 heteroatoms. The van der Waals surface area contributed by atoms with E-state index in [9.17, 15) is 10.2 Å². The van der Waals surface area contributed by atoms with Crippen molar-refractivity contribution in [2.75, 3.05) is 0 Å². The maximum atomic E-state index is 10.4. The molecule has 0 atom stereocenters. The molecule has 0 aromatic heterocycles. The molecule has 0 aliphatic heterocycles. The summed E-state index contributed by atoms with van der Waals surface area (Å²) in [7, 11) is 0. The molecule has 0 aliphatic carbocycles. The largest absolute Gasteiger partial charge is 0.507 e. The Morgan fingerprint density at radius 1 is 1.00 bits per heavy atom. The van der Waals surface area contributed by atoms with Crippen LogP contribution in [0.25, 0.3) is 0 Å². The molecular weight excluding hydrogens is 248 g/mol. The van der Waals surface area contributed by atoms with Gasteiger partial charge in [0.05, 0.1) is 6.61 Å². The minimum atomic E-state index is -0.130. The minimum Gasteiger partial charge on any atom is -0.507 e. The molecular formula is C18H30O2. The van der Waals surface area contributed by atoms with Crippen molar-refractivity contribution in [3.05, 3.63) is 41.5 Å². The van der Waals surface area contributed by atoms with Crippen molar-refractivity contribution in [3.8, 4) is 5.75 Å². The second kappa shape index (κ2) is 6.94. The number of phenols is 1. The van der Waals surface area contributed by atoms with Gasteiger partial charge in [-0.15, -0.1) is 6.58 Å². The number of aliphatic hydroxyl groups excluding tert-OH is 1. The van der Waals surface area contributed by atoms with Crippen LogP contribution in [0.2, 0.25) is 0 Å². The van der Waals surface area contributed by atoms with Crippen LogP contribution in [0, 0.1) is 0 Å². The number of phenolic OH excluding ortho intramolecular Hbond substituents is 1. The predicted octanol–water partition coefficient (Wildman–Crippen LogP) is 4.67. The van der Waals surface area contributed by atoms with Crippen LogP contribution in [0.15, 0.2) is 24.8 Å². The zero-order valence-electron chi connectivity index (χ0n) is 14.0. The van der Waals surface area contributed by atoms with E-state index in [1.807, 2.05) is 19.1 Å². The molecule has 0 aliphatic rings. The summed E-state index contributed by atoms with van der Waals surface area (Å²) in [6, 6.07) is 3.79. The fourth-order valence-electron chi connectivity index (χ4n) is 1.93. The highest BCUT2D eigenvalue weighted by Gasteiger charge is 2.26. The second-order valence-electron chi connectivity index (χ2n) is 7.11. The van der Waals surface area contributed by atoms with Crippen molar-refractivity contribution >= 4 is 0 Å². The Kier molecular flexibility index (Phi) is 6.49. The van der Waals surface area contributed by atoms with E-state index in [4.69, 9.17) is 0 Å². The topological polar surface area (TPSA) is 40.5 Å². The van der Waals surface area contributed by atoms with Crippen molar-refractivity contribution in [2.24, 2.45) is 0 Å². The standard InChI is InChI=1S/C15H24O2.C3H6/c1-14(2,3)11-7-10(9-16)8-12(13(11)17)15(4,5)6;1-3-2/h7-8,16-17H,9H2,1-6H3;3H,1H2,2H3. The molecule has 0 heterocycles. The molecule has 0 spiro atoms. The molecule has 0 unspecified atom stereocenters. The summed E-state index contributed by atoms with van der Waals surface area (Å²) >= 11 is 0. The van der Waals surface area contributed by atoms with Crippen LogP contribution in [-0.4, -0.2) is 10.2 Å². The van der Waals surface area contributed by atoms with Crippen LogP contribution < -0.4 is 0 Å². The number of aliphatic hydroxyl groups is 1. The summed E-state index contributed by atoms with van der Waals surface area (Å²) in [5.41, 5.74) is 2.39. The normalized spacial score (nSPS) is 11.6. The van der Waals surface area contributed by atoms with Crippen LogP contribution in [0.4, 0.5) is 0 Å². The maximum absolute atomic E-state index is 10.4. The van der Waals surface area contributed by atoms with Gasteiger partial charge in [0.15, 0.2) is 0 Å². The van der Waals surface area contributed by atoms with E-state index in [0.29, 0.717) is 5.75 Å². The Labute approximate surface area is 124 Å². The van der Waals surface area contributed by atoms with E-state index < -0.39 is 0 Å². The first kappa shape index (κ1) is 18.7. The number of hydrogen-bond donors (Lipinski definition) is 2. The highest BCUT2D eigenvalue weighted by molar-refractivity contribution is 5.49. The van der Waals surface area contributed by atoms with Crippen molar-refractivity contribution in [3.63, 3.8) is 0 Å². The van der Waals surface area contributed by atoms with E-state index >= 15 is 0 Å². The van der Waals surface area contributed by atoms with Gasteiger partial charge < -0.3 is 10.2 Å². The molecule has 1 rings (SSSR count). The fraction of sp³-hybridized carbons (Fsp3) is 0.556. The summed E-state index contributed by atoms with van der Waals surface area (Å²) in [6.45, 7) is 17.6. The van der Waals surface area contributed by atoms with E-state index in [-0.39, 0.29) is 17.4 Å². The Morgan fingerprint density at radius 2 is 1.30 bits per heavy atom. The highest BCUT2D eigenvalue weighted by Crippen LogP contribution is 2.39. The van der Waals surface area contributed by atoms with E-state index in [0.717, 1.165) is 16.7 Å². The molecule has 0 radical (unpaired) electrons. The smallest absolute Gasteiger partial charge is 0.123 e. The highest BCUT2D eigenvalue weighted by atomic mass is 16.3. The van der Waals surface area contributed by atoms with Crippen LogP contribution in [0.3, 0.4) is 0 Å². The predicted molar refractivity (Wildman–Crippen MR) is 87.3 cm³/mol. The lowest BCUT2D eigenvalue weighted by atomic mass is 9.78. The number of benzene rings is 1. The summed E-state index contributed by atoms with van der Waals surface area (Å²) in [6.07, 6.45) is 1.75. The first-order chi connectivity index (χ1) is 8.98. The Balaban J connectivity index is 0.00000110. The molecule has 114 valence electrons. The van der Waals surface area contributed by atoms with Gasteiger partial charge in [0.2, 0.25) is 0 Å². The molecule has 20 heavy (non-hydrogen) atoms. The Hall–Kier alpha value is -1.28. The Morgan fingerprint density at radius 3 is 1.50 bits per heavy atom. The van der Waals surface area contributed by atoms with Gasteiger partial charge in [-0.05, 0) is 46.6 Å². The van der Waals surface area contributed by atoms with Gasteiger partial charge >= 0.3 is 0 Å². The van der Waals surface area contributed by atoms with Crippen molar-refractivity contribution in [1.82, 2.24) is 0 Å². The lowest BCUT2D eigenvalue weighted by molar-refractivity contribution is 0.281. The van der Waals surface area contributed by atoms with Crippen molar-refractivity contribution < 1.29 is 10.2 Å². The van der Waals surface area contributed by atoms with Gasteiger partial charge in [0.25, 0.3) is 0 Å². The fourth-order valence-corrected chi connectivity index (χ4v) is 1.93. The average molecular weight is 278 g/mol. The zero-order chi connectivity index (χ0) is 16.1. The summed E-state index contributed by atoms with van der Waals surface area (Å²) in [5, 5.41) is 19.7. The number of allylic oxidation sites excluding steroid dienone is 1. The zero-order valence-corrected chi connectivity index (χ0v) is 14.0. The van der Waals surface area contributed by atoms with Gasteiger partial charge in [-0.25, -0.2) is 0 Å². The molecule has 0 amide bonds. The van der Waals surface area contributed by atoms with Gasteiger partial charge in [-0.2, -0.15) is 0 Å². The molecule has 0 fully saturated rings. The quantitative estimate of drug-likeness (QED) is 0.733. The van der Waals surface area contributed by atoms with E-state index in [2.05, 4.69) is 48.1 Å². The third-order valence-corrected chi connectivity index (χ3v) is 2.97. The van der Waals surface area contributed by atoms with Crippen LogP contribution in [-0.2, 0) is 17.4 Å². The summed E-state index contributed by atoms with van der Waals surface area (Å²) < 4.78 is 0. The lowest BCUT2D eigenvalue weighted by Crippen LogP contribution is -2.17. The second-order valence-corrected chi connectivity index (χ2v) is 7.11. The number of hydrogen-bond acceptors (Lipinski definition) is 2. The molecule has 0 bridgehead atoms. The van der Waals surface area contributed by atoms with Crippen molar-refractivity contribution in [2.45, 2.75) is 65.9 Å². The Bertz CT molecular complexity index is 410. The van der Waals surface area contributed by atoms with E-state index in [1.54, 1.807) is 6.08 Å².